The maximum absolute atomic E-state index is 11.4. The molecular weight excluding hydrogens is 274 g/mol. The van der Waals surface area contributed by atoms with Crippen molar-refractivity contribution >= 4 is 17.1 Å². The molecule has 0 saturated carbocycles. The first kappa shape index (κ1) is 14.1. The Kier molecular flexibility index (Phi) is 3.69. The molecule has 0 bridgehead atoms. The van der Waals surface area contributed by atoms with Gasteiger partial charge in [-0.3, -0.25) is 10.1 Å². The molecule has 2 aliphatic heterocycles. The van der Waals surface area contributed by atoms with Crippen LogP contribution >= 0.6 is 0 Å². The fourth-order valence-electron chi connectivity index (χ4n) is 3.19. The van der Waals surface area contributed by atoms with Gasteiger partial charge in [-0.2, -0.15) is 0 Å². The summed E-state index contributed by atoms with van der Waals surface area (Å²) in [5.41, 5.74) is 2.77. The Bertz CT molecular complexity index is 563. The lowest BCUT2D eigenvalue weighted by atomic mass is 10.1. The number of rotatable bonds is 3. The van der Waals surface area contributed by atoms with E-state index >= 15 is 0 Å². The molecule has 0 spiro atoms. The van der Waals surface area contributed by atoms with Crippen LogP contribution in [-0.2, 0) is 11.2 Å². The molecule has 7 heteroatoms. The zero-order chi connectivity index (χ0) is 15.0. The van der Waals surface area contributed by atoms with Crippen LogP contribution in [0.3, 0.4) is 0 Å². The second kappa shape index (κ2) is 5.50. The lowest BCUT2D eigenvalue weighted by Gasteiger charge is -2.38. The molecule has 1 fully saturated rings. The highest BCUT2D eigenvalue weighted by Crippen LogP contribution is 2.40. The number of hydrogen-bond acceptors (Lipinski definition) is 6. The van der Waals surface area contributed by atoms with Gasteiger partial charge in [0.05, 0.1) is 23.7 Å². The molecule has 114 valence electrons. The molecular formula is C14H19N3O4. The van der Waals surface area contributed by atoms with E-state index in [1.54, 1.807) is 12.1 Å². The molecule has 7 nitrogen and oxygen atoms in total. The summed E-state index contributed by atoms with van der Waals surface area (Å²) >= 11 is 0. The third-order valence-corrected chi connectivity index (χ3v) is 3.99. The van der Waals surface area contributed by atoms with Crippen LogP contribution in [0.25, 0.3) is 0 Å². The number of aliphatic hydroxyl groups is 1. The van der Waals surface area contributed by atoms with Gasteiger partial charge in [0, 0.05) is 37.0 Å². The van der Waals surface area contributed by atoms with Gasteiger partial charge in [-0.25, -0.2) is 0 Å². The minimum atomic E-state index is -0.331. The summed E-state index contributed by atoms with van der Waals surface area (Å²) in [5.74, 6) is 0. The van der Waals surface area contributed by atoms with Crippen LogP contribution in [0.2, 0.25) is 0 Å². The number of aliphatic hydroxyl groups excluding tert-OH is 1. The lowest BCUT2D eigenvalue weighted by molar-refractivity contribution is -0.384. The van der Waals surface area contributed by atoms with Gasteiger partial charge in [-0.1, -0.05) is 0 Å². The minimum Gasteiger partial charge on any atom is -0.394 e. The van der Waals surface area contributed by atoms with Gasteiger partial charge in [0.2, 0.25) is 0 Å². The zero-order valence-corrected chi connectivity index (χ0v) is 11.9. The van der Waals surface area contributed by atoms with E-state index < -0.39 is 0 Å². The van der Waals surface area contributed by atoms with Gasteiger partial charge in [-0.15, -0.1) is 0 Å². The number of fused-ring (bicyclic) bond motifs is 1. The highest BCUT2D eigenvalue weighted by atomic mass is 16.6. The van der Waals surface area contributed by atoms with Gasteiger partial charge in [0.25, 0.3) is 5.69 Å². The van der Waals surface area contributed by atoms with Gasteiger partial charge in [0.15, 0.2) is 0 Å². The van der Waals surface area contributed by atoms with Crippen molar-refractivity contribution in [1.29, 1.82) is 0 Å². The summed E-state index contributed by atoms with van der Waals surface area (Å²) in [4.78, 5) is 13.0. The maximum atomic E-state index is 11.4. The molecule has 0 unspecified atom stereocenters. The predicted octanol–water partition coefficient (Wildman–Crippen LogP) is 1.15. The summed E-state index contributed by atoms with van der Waals surface area (Å²) in [6.07, 6.45) is 0.404. The number of nitrogens with zero attached hydrogens (tertiary/aromatic N) is 2. The number of hydrogen-bond donors (Lipinski definition) is 2. The second-order valence-electron chi connectivity index (χ2n) is 5.55. The number of ether oxygens (including phenoxy) is 1. The van der Waals surface area contributed by atoms with Gasteiger partial charge < -0.3 is 20.1 Å². The molecule has 1 aromatic rings. The SMILES string of the molecule is C[C@H]1CN(c2c([N+](=O)[O-])ccc3c2CCN3)C[C@@H](CO)O1. The van der Waals surface area contributed by atoms with E-state index in [1.165, 1.54) is 0 Å². The van der Waals surface area contributed by atoms with Crippen LogP contribution in [-0.4, -0.2) is 48.5 Å². The number of anilines is 2. The first-order chi connectivity index (χ1) is 10.1. The molecule has 0 amide bonds. The molecule has 21 heavy (non-hydrogen) atoms. The van der Waals surface area contributed by atoms with Crippen LogP contribution in [0.1, 0.15) is 12.5 Å². The average molecular weight is 293 g/mol. The van der Waals surface area contributed by atoms with Crippen LogP contribution in [0, 0.1) is 10.1 Å². The van der Waals surface area contributed by atoms with E-state index in [2.05, 4.69) is 5.32 Å². The number of benzene rings is 1. The molecule has 2 N–H and O–H groups in total. The molecule has 2 heterocycles. The van der Waals surface area contributed by atoms with Crippen molar-refractivity contribution in [3.8, 4) is 0 Å². The molecule has 2 aliphatic rings. The van der Waals surface area contributed by atoms with E-state index in [1.807, 2.05) is 11.8 Å². The van der Waals surface area contributed by atoms with Crippen molar-refractivity contribution in [2.75, 3.05) is 36.5 Å². The van der Waals surface area contributed by atoms with Crippen molar-refractivity contribution in [2.24, 2.45) is 0 Å². The monoisotopic (exact) mass is 293 g/mol. The van der Waals surface area contributed by atoms with Crippen molar-refractivity contribution in [3.63, 3.8) is 0 Å². The highest BCUT2D eigenvalue weighted by molar-refractivity contribution is 5.78. The largest absolute Gasteiger partial charge is 0.394 e. The van der Waals surface area contributed by atoms with Gasteiger partial charge in [-0.05, 0) is 19.4 Å². The summed E-state index contributed by atoms with van der Waals surface area (Å²) in [5, 5.41) is 24.0. The Balaban J connectivity index is 2.03. The molecule has 0 radical (unpaired) electrons. The molecule has 3 rings (SSSR count). The number of nitrogens with one attached hydrogen (secondary N) is 1. The van der Waals surface area contributed by atoms with Crippen LogP contribution in [0.5, 0.6) is 0 Å². The number of morpholine rings is 1. The van der Waals surface area contributed by atoms with E-state index in [9.17, 15) is 15.2 Å². The Morgan fingerprint density at radius 1 is 1.52 bits per heavy atom. The summed E-state index contributed by atoms with van der Waals surface area (Å²) in [6, 6.07) is 3.33. The van der Waals surface area contributed by atoms with E-state index in [-0.39, 0.29) is 29.4 Å². The third-order valence-electron chi connectivity index (χ3n) is 3.99. The predicted molar refractivity (Wildman–Crippen MR) is 78.9 cm³/mol. The van der Waals surface area contributed by atoms with E-state index in [4.69, 9.17) is 4.74 Å². The molecule has 0 aromatic heterocycles. The average Bonchev–Trinajstić information content (AvgIpc) is 2.93. The second-order valence-corrected chi connectivity index (χ2v) is 5.55. The first-order valence-corrected chi connectivity index (χ1v) is 7.15. The fourth-order valence-corrected chi connectivity index (χ4v) is 3.19. The Morgan fingerprint density at radius 3 is 3.05 bits per heavy atom. The molecule has 1 aromatic carbocycles. The standard InChI is InChI=1S/C14H19N3O4/c1-9-6-16(7-10(8-18)21-9)14-11-4-5-15-12(11)2-3-13(14)17(19)20/h2-3,9-10,15,18H,4-8H2,1H3/t9-,10-/m0/s1. The van der Waals surface area contributed by atoms with E-state index in [0.717, 1.165) is 24.2 Å². The fraction of sp³-hybridized carbons (Fsp3) is 0.571. The van der Waals surface area contributed by atoms with Crippen molar-refractivity contribution in [3.05, 3.63) is 27.8 Å². The zero-order valence-electron chi connectivity index (χ0n) is 11.9. The topological polar surface area (TPSA) is 87.9 Å². The van der Waals surface area contributed by atoms with Gasteiger partial charge in [0.1, 0.15) is 5.69 Å². The third kappa shape index (κ3) is 2.54. The Hall–Kier alpha value is -1.86. The lowest BCUT2D eigenvalue weighted by Crippen LogP contribution is -2.48. The molecule has 1 saturated heterocycles. The maximum Gasteiger partial charge on any atom is 0.292 e. The first-order valence-electron chi connectivity index (χ1n) is 7.15. The normalized spacial score (nSPS) is 24.6. The summed E-state index contributed by atoms with van der Waals surface area (Å²) in [7, 11) is 0. The van der Waals surface area contributed by atoms with Crippen LogP contribution in [0.4, 0.5) is 17.1 Å². The summed E-state index contributed by atoms with van der Waals surface area (Å²) in [6.45, 7) is 3.70. The molecule has 2 atom stereocenters. The quantitative estimate of drug-likeness (QED) is 0.642. The van der Waals surface area contributed by atoms with E-state index in [0.29, 0.717) is 18.8 Å². The Labute approximate surface area is 122 Å². The van der Waals surface area contributed by atoms with Gasteiger partial charge >= 0.3 is 0 Å². The van der Waals surface area contributed by atoms with Crippen molar-refractivity contribution < 1.29 is 14.8 Å². The summed E-state index contributed by atoms with van der Waals surface area (Å²) < 4.78 is 5.63. The highest BCUT2D eigenvalue weighted by Gasteiger charge is 2.33. The smallest absolute Gasteiger partial charge is 0.292 e. The Morgan fingerprint density at radius 2 is 2.33 bits per heavy atom. The van der Waals surface area contributed by atoms with Crippen molar-refractivity contribution in [1.82, 2.24) is 0 Å². The van der Waals surface area contributed by atoms with Crippen LogP contribution in [0.15, 0.2) is 12.1 Å². The molecule has 0 aliphatic carbocycles. The minimum absolute atomic E-state index is 0.0688. The number of nitro groups is 1. The van der Waals surface area contributed by atoms with Crippen molar-refractivity contribution in [2.45, 2.75) is 25.6 Å². The number of nitro benzene ring substituents is 1. The van der Waals surface area contributed by atoms with Crippen LogP contribution < -0.4 is 10.2 Å².